The Bertz CT molecular complexity index is 1040. The zero-order chi connectivity index (χ0) is 25.4. The van der Waals surface area contributed by atoms with E-state index in [-0.39, 0.29) is 30.1 Å². The summed E-state index contributed by atoms with van der Waals surface area (Å²) in [6.07, 6.45) is 3.02. The number of esters is 1. The van der Waals surface area contributed by atoms with Crippen molar-refractivity contribution >= 4 is 17.6 Å². The van der Waals surface area contributed by atoms with Gasteiger partial charge in [0.15, 0.2) is 0 Å². The van der Waals surface area contributed by atoms with E-state index in [4.69, 9.17) is 21.1 Å². The van der Waals surface area contributed by atoms with Crippen molar-refractivity contribution in [3.05, 3.63) is 63.7 Å². The Kier molecular flexibility index (Phi) is 9.56. The van der Waals surface area contributed by atoms with E-state index in [0.29, 0.717) is 41.8 Å². The summed E-state index contributed by atoms with van der Waals surface area (Å²) in [5, 5.41) is 23.9. The van der Waals surface area contributed by atoms with E-state index >= 15 is 0 Å². The normalized spacial score (nSPS) is 14.3. The van der Waals surface area contributed by atoms with E-state index in [9.17, 15) is 15.2 Å². The number of nitriles is 1. The topological polar surface area (TPSA) is 91.6 Å². The summed E-state index contributed by atoms with van der Waals surface area (Å²) in [6.45, 7) is 6.81. The lowest BCUT2D eigenvalue weighted by atomic mass is 9.88. The van der Waals surface area contributed by atoms with Gasteiger partial charge in [0.05, 0.1) is 12.2 Å². The SMILES string of the molecule is CCOC(=O)CCc1cc(OC[C@H](O)CNC(C)(C)CC2Cc3ccccc3C2)c(C#N)cc1Cl. The van der Waals surface area contributed by atoms with Crippen LogP contribution in [0.3, 0.4) is 0 Å². The van der Waals surface area contributed by atoms with E-state index in [1.54, 1.807) is 13.0 Å². The largest absolute Gasteiger partial charge is 0.489 e. The lowest BCUT2D eigenvalue weighted by molar-refractivity contribution is -0.143. The number of nitrogens with one attached hydrogen (secondary N) is 1. The molecule has 0 spiro atoms. The minimum atomic E-state index is -0.750. The first kappa shape index (κ1) is 27.0. The molecule has 0 saturated heterocycles. The summed E-state index contributed by atoms with van der Waals surface area (Å²) in [5.41, 5.74) is 3.74. The first-order valence-corrected chi connectivity index (χ1v) is 12.6. The molecule has 35 heavy (non-hydrogen) atoms. The van der Waals surface area contributed by atoms with Crippen LogP contribution >= 0.6 is 11.6 Å². The van der Waals surface area contributed by atoms with Gasteiger partial charge in [0, 0.05) is 23.5 Å². The summed E-state index contributed by atoms with van der Waals surface area (Å²) in [5.74, 6) is 0.627. The second-order valence-electron chi connectivity index (χ2n) is 9.83. The zero-order valence-corrected chi connectivity index (χ0v) is 21.5. The number of carbonyl (C=O) groups excluding carboxylic acids is 1. The molecule has 6 nitrogen and oxygen atoms in total. The van der Waals surface area contributed by atoms with Gasteiger partial charge in [-0.25, -0.2) is 0 Å². The predicted molar refractivity (Wildman–Crippen MR) is 137 cm³/mol. The molecule has 0 aliphatic heterocycles. The fourth-order valence-corrected chi connectivity index (χ4v) is 4.95. The highest BCUT2D eigenvalue weighted by Gasteiger charge is 2.28. The van der Waals surface area contributed by atoms with Gasteiger partial charge in [0.1, 0.15) is 24.5 Å². The lowest BCUT2D eigenvalue weighted by Crippen LogP contribution is -2.46. The molecule has 3 rings (SSSR count). The average molecular weight is 499 g/mol. The van der Waals surface area contributed by atoms with E-state index in [1.807, 2.05) is 0 Å². The lowest BCUT2D eigenvalue weighted by Gasteiger charge is -2.30. The Balaban J connectivity index is 1.50. The molecule has 0 bridgehead atoms. The third-order valence-corrected chi connectivity index (χ3v) is 6.71. The van der Waals surface area contributed by atoms with Crippen molar-refractivity contribution in [1.29, 1.82) is 5.26 Å². The van der Waals surface area contributed by atoms with E-state index < -0.39 is 6.10 Å². The zero-order valence-electron chi connectivity index (χ0n) is 20.8. The van der Waals surface area contributed by atoms with Crippen LogP contribution in [0.4, 0.5) is 0 Å². The molecule has 1 atom stereocenters. The number of benzene rings is 2. The van der Waals surface area contributed by atoms with Crippen molar-refractivity contribution < 1.29 is 19.4 Å². The second-order valence-corrected chi connectivity index (χ2v) is 10.2. The van der Waals surface area contributed by atoms with Crippen molar-refractivity contribution in [1.82, 2.24) is 5.32 Å². The van der Waals surface area contributed by atoms with Crippen LogP contribution in [0, 0.1) is 17.2 Å². The highest BCUT2D eigenvalue weighted by atomic mass is 35.5. The number of fused-ring (bicyclic) bond motifs is 1. The Morgan fingerprint density at radius 1 is 1.29 bits per heavy atom. The highest BCUT2D eigenvalue weighted by molar-refractivity contribution is 6.31. The van der Waals surface area contributed by atoms with Gasteiger partial charge in [0.2, 0.25) is 0 Å². The van der Waals surface area contributed by atoms with Crippen molar-refractivity contribution in [3.63, 3.8) is 0 Å². The number of carbonyl (C=O) groups is 1. The molecule has 2 aromatic rings. The van der Waals surface area contributed by atoms with Gasteiger partial charge in [-0.3, -0.25) is 4.79 Å². The highest BCUT2D eigenvalue weighted by Crippen LogP contribution is 2.32. The quantitative estimate of drug-likeness (QED) is 0.415. The summed E-state index contributed by atoms with van der Waals surface area (Å²) < 4.78 is 10.8. The number of hydrogen-bond donors (Lipinski definition) is 2. The summed E-state index contributed by atoms with van der Waals surface area (Å²) in [7, 11) is 0. The molecule has 0 saturated carbocycles. The molecule has 7 heteroatoms. The molecule has 0 unspecified atom stereocenters. The Hall–Kier alpha value is -2.59. The van der Waals surface area contributed by atoms with Crippen LogP contribution in [0.25, 0.3) is 0 Å². The number of aliphatic hydroxyl groups is 1. The van der Waals surface area contributed by atoms with Crippen LogP contribution in [0.15, 0.2) is 36.4 Å². The van der Waals surface area contributed by atoms with Gasteiger partial charge >= 0.3 is 5.97 Å². The number of aryl methyl sites for hydroxylation is 1. The third kappa shape index (κ3) is 7.96. The van der Waals surface area contributed by atoms with E-state index in [2.05, 4.69) is 49.5 Å². The molecular weight excluding hydrogens is 464 g/mol. The second kappa shape index (κ2) is 12.4. The van der Waals surface area contributed by atoms with Crippen molar-refractivity contribution in [2.45, 2.75) is 64.5 Å². The van der Waals surface area contributed by atoms with Gasteiger partial charge in [-0.2, -0.15) is 5.26 Å². The first-order chi connectivity index (χ1) is 16.7. The van der Waals surface area contributed by atoms with E-state index in [1.165, 1.54) is 17.2 Å². The number of halogens is 1. The third-order valence-electron chi connectivity index (χ3n) is 6.35. The number of rotatable bonds is 12. The minimum Gasteiger partial charge on any atom is -0.489 e. The Morgan fingerprint density at radius 2 is 1.97 bits per heavy atom. The monoisotopic (exact) mass is 498 g/mol. The van der Waals surface area contributed by atoms with Crippen LogP contribution in [-0.2, 0) is 28.8 Å². The van der Waals surface area contributed by atoms with Gasteiger partial charge in [-0.05, 0) is 81.2 Å². The smallest absolute Gasteiger partial charge is 0.306 e. The summed E-state index contributed by atoms with van der Waals surface area (Å²) in [4.78, 5) is 11.7. The maximum Gasteiger partial charge on any atom is 0.306 e. The van der Waals surface area contributed by atoms with Crippen LogP contribution in [0.2, 0.25) is 5.02 Å². The molecule has 1 aliphatic carbocycles. The molecule has 1 aliphatic rings. The molecule has 2 aromatic carbocycles. The predicted octanol–water partition coefficient (Wildman–Crippen LogP) is 4.62. The maximum atomic E-state index is 11.7. The fourth-order valence-electron chi connectivity index (χ4n) is 4.69. The van der Waals surface area contributed by atoms with Crippen LogP contribution in [0.5, 0.6) is 5.75 Å². The number of nitrogens with zero attached hydrogens (tertiary/aromatic N) is 1. The molecule has 0 radical (unpaired) electrons. The Labute approximate surface area is 213 Å². The first-order valence-electron chi connectivity index (χ1n) is 12.2. The number of hydrogen-bond acceptors (Lipinski definition) is 6. The molecule has 0 aromatic heterocycles. The summed E-state index contributed by atoms with van der Waals surface area (Å²) in [6, 6.07) is 13.9. The van der Waals surface area contributed by atoms with Gasteiger partial charge < -0.3 is 19.9 Å². The Morgan fingerprint density at radius 3 is 2.60 bits per heavy atom. The minimum absolute atomic E-state index is 0.0333. The number of aliphatic hydroxyl groups excluding tert-OH is 1. The van der Waals surface area contributed by atoms with Gasteiger partial charge in [-0.1, -0.05) is 35.9 Å². The van der Waals surface area contributed by atoms with Crippen molar-refractivity contribution in [2.24, 2.45) is 5.92 Å². The van der Waals surface area contributed by atoms with E-state index in [0.717, 1.165) is 19.3 Å². The molecule has 0 heterocycles. The summed E-state index contributed by atoms with van der Waals surface area (Å²) >= 11 is 6.28. The molecule has 188 valence electrons. The molecule has 2 N–H and O–H groups in total. The van der Waals surface area contributed by atoms with Crippen LogP contribution in [-0.4, -0.2) is 42.5 Å². The van der Waals surface area contributed by atoms with Gasteiger partial charge in [0.25, 0.3) is 0 Å². The van der Waals surface area contributed by atoms with Crippen molar-refractivity contribution in [2.75, 3.05) is 19.8 Å². The molecule has 0 fully saturated rings. The van der Waals surface area contributed by atoms with Gasteiger partial charge in [-0.15, -0.1) is 0 Å². The molecule has 0 amide bonds. The number of β-amino-alcohol motifs (C(OH)–C–C–N with tert-alkyl or cyclic N) is 1. The molecular formula is C28H35ClN2O4. The number of ether oxygens (including phenoxy) is 2. The van der Waals surface area contributed by atoms with Crippen molar-refractivity contribution in [3.8, 4) is 11.8 Å². The van der Waals surface area contributed by atoms with Crippen LogP contribution < -0.4 is 10.1 Å². The van der Waals surface area contributed by atoms with Crippen LogP contribution in [0.1, 0.15) is 55.9 Å². The maximum absolute atomic E-state index is 11.7. The average Bonchev–Trinajstić information content (AvgIpc) is 3.22. The standard InChI is InChI=1S/C28H35ClN2O4/c1-4-34-27(33)10-9-22-14-26(23(16-30)13-25(22)29)35-18-24(32)17-31-28(2,3)15-19-11-20-7-5-6-8-21(20)12-19/h5-8,13-14,19,24,31-32H,4,9-12,15,17-18H2,1-3H3/t24-/m1/s1. The fraction of sp³-hybridized carbons (Fsp3) is 0.500.